The van der Waals surface area contributed by atoms with E-state index < -0.39 is 49.7 Å². The lowest BCUT2D eigenvalue weighted by atomic mass is 9.97. The highest BCUT2D eigenvalue weighted by Gasteiger charge is 2.34. The summed E-state index contributed by atoms with van der Waals surface area (Å²) in [6.45, 7) is 1.57. The maximum absolute atomic E-state index is 13.9. The number of rotatable bonds is 7. The number of carbonyl (C=O) groups is 2. The zero-order valence-electron chi connectivity index (χ0n) is 13.0. The Hall–Kier alpha value is -2.06. The van der Waals surface area contributed by atoms with E-state index in [-0.39, 0.29) is 12.6 Å². The topological polar surface area (TPSA) is 98.9 Å². The van der Waals surface area contributed by atoms with E-state index in [1.54, 1.807) is 6.92 Å². The van der Waals surface area contributed by atoms with Crippen molar-refractivity contribution in [3.63, 3.8) is 0 Å². The molecule has 1 aromatic rings. The van der Waals surface area contributed by atoms with E-state index >= 15 is 0 Å². The number of nitrogens with zero attached hydrogens (tertiary/aromatic N) is 2. The molecule has 0 saturated heterocycles. The molecule has 7 nitrogen and oxygen atoms in total. The molecular formula is C15H13Cl2FN2O5. The number of hydrogen-bond acceptors (Lipinski definition) is 6. The molecular weight excluding hydrogens is 378 g/mol. The molecule has 1 saturated carbocycles. The first kappa shape index (κ1) is 19.3. The van der Waals surface area contributed by atoms with E-state index in [1.807, 2.05) is 0 Å². The molecule has 2 rings (SSSR count). The van der Waals surface area contributed by atoms with Crippen molar-refractivity contribution in [3.8, 4) is 0 Å². The van der Waals surface area contributed by atoms with Crippen molar-refractivity contribution in [1.29, 1.82) is 0 Å². The summed E-state index contributed by atoms with van der Waals surface area (Å²) in [6, 6.07) is 0.688. The average molecular weight is 391 g/mol. The summed E-state index contributed by atoms with van der Waals surface area (Å²) >= 11 is 11.4. The summed E-state index contributed by atoms with van der Waals surface area (Å²) in [5.74, 6) is -4.52. The first-order valence-corrected chi connectivity index (χ1v) is 8.09. The second kappa shape index (κ2) is 7.88. The van der Waals surface area contributed by atoms with Gasteiger partial charge in [0, 0.05) is 17.8 Å². The first-order valence-electron chi connectivity index (χ1n) is 7.33. The third kappa shape index (κ3) is 4.32. The third-order valence-corrected chi connectivity index (χ3v) is 4.14. The van der Waals surface area contributed by atoms with E-state index in [0.29, 0.717) is 6.07 Å². The maximum Gasteiger partial charge on any atom is 0.322 e. The predicted octanol–water partition coefficient (Wildman–Crippen LogP) is 3.64. The van der Waals surface area contributed by atoms with Gasteiger partial charge in [0.25, 0.3) is 0 Å². The number of ether oxygens (including phenoxy) is 1. The lowest BCUT2D eigenvalue weighted by Gasteiger charge is -2.12. The zero-order chi connectivity index (χ0) is 18.7. The van der Waals surface area contributed by atoms with Crippen LogP contribution in [0.25, 0.3) is 0 Å². The van der Waals surface area contributed by atoms with Gasteiger partial charge in [-0.1, -0.05) is 23.2 Å². The van der Waals surface area contributed by atoms with Crippen molar-refractivity contribution in [1.82, 2.24) is 0 Å². The highest BCUT2D eigenvalue weighted by atomic mass is 35.5. The maximum atomic E-state index is 13.9. The SMILES string of the molecule is CCOC(=O)C(C=NC1CC1)C(=O)c1cc(F)c(Cl)c([N+](=O)[O-])c1Cl. The van der Waals surface area contributed by atoms with Gasteiger partial charge in [0.05, 0.1) is 11.5 Å². The van der Waals surface area contributed by atoms with Gasteiger partial charge < -0.3 is 4.74 Å². The molecule has 25 heavy (non-hydrogen) atoms. The molecule has 1 aromatic carbocycles. The second-order valence-corrected chi connectivity index (χ2v) is 6.02. The Morgan fingerprint density at radius 3 is 2.64 bits per heavy atom. The molecule has 134 valence electrons. The molecule has 0 bridgehead atoms. The third-order valence-electron chi connectivity index (χ3n) is 3.40. The molecule has 1 aliphatic carbocycles. The van der Waals surface area contributed by atoms with Crippen LogP contribution in [0.2, 0.25) is 10.0 Å². The van der Waals surface area contributed by atoms with Crippen LogP contribution in [0.5, 0.6) is 0 Å². The summed E-state index contributed by atoms with van der Waals surface area (Å²) in [5, 5.41) is 9.58. The number of nitro groups is 1. The normalized spacial score (nSPS) is 15.2. The molecule has 0 aliphatic heterocycles. The van der Waals surface area contributed by atoms with E-state index in [4.69, 9.17) is 27.9 Å². The number of esters is 1. The van der Waals surface area contributed by atoms with Crippen molar-refractivity contribution in [2.24, 2.45) is 10.9 Å². The molecule has 0 radical (unpaired) electrons. The Morgan fingerprint density at radius 2 is 2.12 bits per heavy atom. The van der Waals surface area contributed by atoms with Crippen molar-refractivity contribution in [2.75, 3.05) is 6.61 Å². The minimum absolute atomic E-state index is 0.0166. The van der Waals surface area contributed by atoms with Crippen molar-refractivity contribution in [2.45, 2.75) is 25.8 Å². The molecule has 1 unspecified atom stereocenters. The van der Waals surface area contributed by atoms with Crippen LogP contribution in [0.1, 0.15) is 30.1 Å². The molecule has 0 N–H and O–H groups in total. The van der Waals surface area contributed by atoms with Gasteiger partial charge >= 0.3 is 11.7 Å². The quantitative estimate of drug-likeness (QED) is 0.134. The van der Waals surface area contributed by atoms with Crippen LogP contribution < -0.4 is 0 Å². The van der Waals surface area contributed by atoms with Crippen LogP contribution in [0, 0.1) is 21.8 Å². The number of aliphatic imine (C=N–C) groups is 1. The van der Waals surface area contributed by atoms with Crippen molar-refractivity contribution < 1.29 is 23.6 Å². The number of Topliss-reactive ketones (excluding diaryl/α,β-unsaturated/α-hetero) is 1. The number of ketones is 1. The Bertz CT molecular complexity index is 765. The minimum atomic E-state index is -1.47. The van der Waals surface area contributed by atoms with E-state index in [9.17, 15) is 24.1 Å². The minimum Gasteiger partial charge on any atom is -0.465 e. The van der Waals surface area contributed by atoms with Crippen LogP contribution in [0.4, 0.5) is 10.1 Å². The van der Waals surface area contributed by atoms with Gasteiger partial charge in [-0.25, -0.2) is 4.39 Å². The van der Waals surface area contributed by atoms with Crippen LogP contribution in [-0.2, 0) is 9.53 Å². The van der Waals surface area contributed by atoms with Gasteiger partial charge in [0.2, 0.25) is 0 Å². The molecule has 1 atom stereocenters. The standard InChI is InChI=1S/C15H13Cl2FN2O5/c1-2-25-15(22)9(6-19-7-3-4-7)14(21)8-5-10(18)12(17)13(11(8)16)20(23)24/h5-7,9H,2-4H2,1H3. The van der Waals surface area contributed by atoms with Gasteiger partial charge in [-0.3, -0.25) is 24.7 Å². The predicted molar refractivity (Wildman–Crippen MR) is 89.0 cm³/mol. The lowest BCUT2D eigenvalue weighted by Crippen LogP contribution is -2.28. The molecule has 0 amide bonds. The Balaban J connectivity index is 2.47. The monoisotopic (exact) mass is 390 g/mol. The fraction of sp³-hybridized carbons (Fsp3) is 0.400. The second-order valence-electron chi connectivity index (χ2n) is 5.26. The van der Waals surface area contributed by atoms with E-state index in [0.717, 1.165) is 19.1 Å². The van der Waals surface area contributed by atoms with Gasteiger partial charge in [0.15, 0.2) is 16.7 Å². The molecule has 0 aromatic heterocycles. The highest BCUT2D eigenvalue weighted by Crippen LogP contribution is 2.38. The molecule has 0 heterocycles. The first-order chi connectivity index (χ1) is 11.8. The summed E-state index contributed by atoms with van der Waals surface area (Å²) in [5.41, 5.74) is -1.47. The number of benzene rings is 1. The lowest BCUT2D eigenvalue weighted by molar-refractivity contribution is -0.384. The number of carbonyl (C=O) groups excluding carboxylic acids is 2. The Labute approximate surface area is 151 Å². The van der Waals surface area contributed by atoms with Gasteiger partial charge in [0.1, 0.15) is 10.8 Å². The fourth-order valence-corrected chi connectivity index (χ4v) is 2.57. The number of nitro benzene ring substituents is 1. The summed E-state index contributed by atoms with van der Waals surface area (Å²) in [6.07, 6.45) is 2.79. The molecule has 0 spiro atoms. The molecule has 1 fully saturated rings. The summed E-state index contributed by atoms with van der Waals surface area (Å²) in [4.78, 5) is 38.8. The highest BCUT2D eigenvalue weighted by molar-refractivity contribution is 6.41. The van der Waals surface area contributed by atoms with Crippen molar-refractivity contribution >= 4 is 46.9 Å². The largest absolute Gasteiger partial charge is 0.465 e. The summed E-state index contributed by atoms with van der Waals surface area (Å²) < 4.78 is 18.7. The van der Waals surface area contributed by atoms with Gasteiger partial charge in [-0.15, -0.1) is 0 Å². The van der Waals surface area contributed by atoms with Gasteiger partial charge in [-0.2, -0.15) is 0 Å². The average Bonchev–Trinajstić information content (AvgIpc) is 3.35. The van der Waals surface area contributed by atoms with Crippen LogP contribution in [-0.4, -0.2) is 35.5 Å². The van der Waals surface area contributed by atoms with E-state index in [2.05, 4.69) is 4.99 Å². The number of hydrogen-bond donors (Lipinski definition) is 0. The zero-order valence-corrected chi connectivity index (χ0v) is 14.5. The van der Waals surface area contributed by atoms with Crippen molar-refractivity contribution in [3.05, 3.63) is 37.6 Å². The molecule has 1 aliphatic rings. The Kier molecular flexibility index (Phi) is 6.07. The molecule has 10 heteroatoms. The fourth-order valence-electron chi connectivity index (χ4n) is 2.00. The van der Waals surface area contributed by atoms with Crippen LogP contribution in [0.15, 0.2) is 11.1 Å². The van der Waals surface area contributed by atoms with E-state index in [1.165, 1.54) is 0 Å². The summed E-state index contributed by atoms with van der Waals surface area (Å²) in [7, 11) is 0. The number of halogens is 3. The van der Waals surface area contributed by atoms with Crippen LogP contribution >= 0.6 is 23.2 Å². The van der Waals surface area contributed by atoms with Gasteiger partial charge in [-0.05, 0) is 25.8 Å². The smallest absolute Gasteiger partial charge is 0.322 e. The van der Waals surface area contributed by atoms with Crippen LogP contribution in [0.3, 0.4) is 0 Å². The Morgan fingerprint density at radius 1 is 1.48 bits per heavy atom.